The van der Waals surface area contributed by atoms with Gasteiger partial charge in [0.15, 0.2) is 17.2 Å². The predicted octanol–water partition coefficient (Wildman–Crippen LogP) is 4.47. The first kappa shape index (κ1) is 21.9. The topological polar surface area (TPSA) is 65.4 Å². The van der Waals surface area contributed by atoms with Crippen molar-refractivity contribution >= 4 is 17.5 Å². The smallest absolute Gasteiger partial charge is 0.433 e. The van der Waals surface area contributed by atoms with Crippen LogP contribution >= 0.6 is 11.6 Å². The van der Waals surface area contributed by atoms with E-state index >= 15 is 0 Å². The molecule has 0 spiro atoms. The second kappa shape index (κ2) is 8.72. The van der Waals surface area contributed by atoms with Crippen LogP contribution in [-0.4, -0.2) is 29.4 Å². The Hall–Kier alpha value is -2.42. The van der Waals surface area contributed by atoms with Gasteiger partial charge in [-0.1, -0.05) is 11.6 Å². The molecule has 1 aromatic heterocycles. The average molecular weight is 420 g/mol. The molecule has 154 valence electrons. The molecule has 1 aromatic carbocycles. The molecule has 0 fully saturated rings. The fraction of sp³-hybridized carbons (Fsp3) is 0.444. The van der Waals surface area contributed by atoms with Gasteiger partial charge in [-0.05, 0) is 38.5 Å². The van der Waals surface area contributed by atoms with Crippen LogP contribution in [0.25, 0.3) is 0 Å². The number of aromatic nitrogens is 2. The maximum atomic E-state index is 13.4. The van der Waals surface area contributed by atoms with Gasteiger partial charge in [0, 0.05) is 12.6 Å². The number of benzene rings is 1. The van der Waals surface area contributed by atoms with Gasteiger partial charge >= 0.3 is 6.18 Å². The van der Waals surface area contributed by atoms with E-state index in [1.807, 2.05) is 0 Å². The summed E-state index contributed by atoms with van der Waals surface area (Å²) in [6, 6.07) is 2.60. The van der Waals surface area contributed by atoms with Crippen molar-refractivity contribution in [2.75, 3.05) is 13.7 Å². The molecule has 0 saturated heterocycles. The van der Waals surface area contributed by atoms with Crippen molar-refractivity contribution in [1.29, 1.82) is 0 Å². The lowest BCUT2D eigenvalue weighted by atomic mass is 10.1. The largest absolute Gasteiger partial charge is 0.493 e. The van der Waals surface area contributed by atoms with Crippen LogP contribution in [0.2, 0.25) is 5.02 Å². The summed E-state index contributed by atoms with van der Waals surface area (Å²) in [6.07, 6.45) is -3.79. The molecule has 0 aliphatic rings. The van der Waals surface area contributed by atoms with Gasteiger partial charge in [-0.25, -0.2) is 0 Å². The van der Waals surface area contributed by atoms with Crippen molar-refractivity contribution in [3.8, 4) is 11.5 Å². The number of hydrogen-bond acceptors (Lipinski definition) is 4. The maximum absolute atomic E-state index is 13.4. The Kier molecular flexibility index (Phi) is 6.82. The van der Waals surface area contributed by atoms with E-state index in [9.17, 15) is 18.0 Å². The summed E-state index contributed by atoms with van der Waals surface area (Å²) >= 11 is 6.17. The second-order valence-electron chi connectivity index (χ2n) is 6.17. The van der Waals surface area contributed by atoms with Crippen molar-refractivity contribution in [2.24, 2.45) is 0 Å². The highest BCUT2D eigenvalue weighted by Gasteiger charge is 2.40. The number of alkyl halides is 3. The number of amides is 1. The third-order valence-corrected chi connectivity index (χ3v) is 4.11. The fourth-order valence-corrected chi connectivity index (χ4v) is 2.93. The summed E-state index contributed by atoms with van der Waals surface area (Å²) < 4.78 is 51.6. The predicted molar refractivity (Wildman–Crippen MR) is 98.0 cm³/mol. The van der Waals surface area contributed by atoms with Gasteiger partial charge in [-0.15, -0.1) is 0 Å². The van der Waals surface area contributed by atoms with Crippen molar-refractivity contribution < 1.29 is 27.4 Å². The van der Waals surface area contributed by atoms with Crippen LogP contribution < -0.4 is 14.8 Å². The molecular weight excluding hydrogens is 399 g/mol. The molecular formula is C18H21ClF3N3O3. The number of methoxy groups -OCH3 is 1. The number of hydrogen-bond donors (Lipinski definition) is 1. The first-order chi connectivity index (χ1) is 13.1. The normalized spacial score (nSPS) is 11.6. The Labute approximate surface area is 165 Å². The van der Waals surface area contributed by atoms with Crippen LogP contribution in [-0.2, 0) is 12.7 Å². The SMILES string of the molecule is CCOc1c(Cl)cc(CNC(=O)c2cnn(C(C)C)c2C(F)(F)F)cc1OC. The van der Waals surface area contributed by atoms with Crippen LogP contribution in [0, 0.1) is 0 Å². The number of ether oxygens (including phenoxy) is 2. The monoisotopic (exact) mass is 419 g/mol. The maximum Gasteiger partial charge on any atom is 0.433 e. The van der Waals surface area contributed by atoms with Gasteiger partial charge in [0.1, 0.15) is 0 Å². The van der Waals surface area contributed by atoms with Crippen molar-refractivity contribution in [2.45, 2.75) is 39.5 Å². The Balaban J connectivity index is 2.25. The summed E-state index contributed by atoms with van der Waals surface area (Å²) in [5, 5.41) is 6.44. The summed E-state index contributed by atoms with van der Waals surface area (Å²) in [6.45, 7) is 5.23. The van der Waals surface area contributed by atoms with Crippen LogP contribution in [0.4, 0.5) is 13.2 Å². The molecule has 0 aliphatic heterocycles. The lowest BCUT2D eigenvalue weighted by Gasteiger charge is -2.15. The molecule has 1 amide bonds. The zero-order valence-corrected chi connectivity index (χ0v) is 16.6. The third-order valence-electron chi connectivity index (χ3n) is 3.83. The van der Waals surface area contributed by atoms with E-state index < -0.39 is 29.4 Å². The van der Waals surface area contributed by atoms with Crippen molar-refractivity contribution in [3.05, 3.63) is 40.2 Å². The van der Waals surface area contributed by atoms with E-state index in [2.05, 4.69) is 10.4 Å². The Morgan fingerprint density at radius 1 is 1.36 bits per heavy atom. The lowest BCUT2D eigenvalue weighted by Crippen LogP contribution is -2.27. The van der Waals surface area contributed by atoms with Crippen molar-refractivity contribution in [3.63, 3.8) is 0 Å². The van der Waals surface area contributed by atoms with Gasteiger partial charge in [-0.3, -0.25) is 9.48 Å². The molecule has 10 heteroatoms. The highest BCUT2D eigenvalue weighted by atomic mass is 35.5. The molecule has 1 heterocycles. The van der Waals surface area contributed by atoms with Gasteiger partial charge in [0.05, 0.1) is 30.5 Å². The van der Waals surface area contributed by atoms with Crippen molar-refractivity contribution in [1.82, 2.24) is 15.1 Å². The number of halogens is 4. The third kappa shape index (κ3) is 4.70. The van der Waals surface area contributed by atoms with Crippen LogP contribution in [0.5, 0.6) is 11.5 Å². The highest BCUT2D eigenvalue weighted by Crippen LogP contribution is 2.37. The van der Waals surface area contributed by atoms with Gasteiger partial charge in [0.25, 0.3) is 5.91 Å². The minimum atomic E-state index is -4.71. The molecule has 0 radical (unpaired) electrons. The van der Waals surface area contributed by atoms with E-state index in [1.165, 1.54) is 7.11 Å². The first-order valence-electron chi connectivity index (χ1n) is 8.52. The van der Waals surface area contributed by atoms with Crippen LogP contribution in [0.15, 0.2) is 18.3 Å². The Bertz CT molecular complexity index is 851. The number of nitrogens with zero attached hydrogens (tertiary/aromatic N) is 2. The molecule has 2 rings (SSSR count). The molecule has 6 nitrogen and oxygen atoms in total. The molecule has 0 saturated carbocycles. The minimum absolute atomic E-state index is 0.0501. The second-order valence-corrected chi connectivity index (χ2v) is 6.57. The number of carbonyl (C=O) groups is 1. The van der Waals surface area contributed by atoms with Gasteiger partial charge in [-0.2, -0.15) is 18.3 Å². The Morgan fingerprint density at radius 3 is 2.57 bits per heavy atom. The van der Waals surface area contributed by atoms with E-state index in [4.69, 9.17) is 21.1 Å². The lowest BCUT2D eigenvalue weighted by molar-refractivity contribution is -0.145. The molecule has 1 N–H and O–H groups in total. The molecule has 0 aliphatic carbocycles. The van der Waals surface area contributed by atoms with E-state index in [1.54, 1.807) is 32.9 Å². The zero-order valence-electron chi connectivity index (χ0n) is 15.9. The highest BCUT2D eigenvalue weighted by molar-refractivity contribution is 6.32. The summed E-state index contributed by atoms with van der Waals surface area (Å²) in [4.78, 5) is 12.4. The molecule has 0 atom stereocenters. The quantitative estimate of drug-likeness (QED) is 0.719. The molecule has 0 bridgehead atoms. The summed E-state index contributed by atoms with van der Waals surface area (Å²) in [7, 11) is 1.44. The number of nitrogens with one attached hydrogen (secondary N) is 1. The Morgan fingerprint density at radius 2 is 2.04 bits per heavy atom. The molecule has 28 heavy (non-hydrogen) atoms. The minimum Gasteiger partial charge on any atom is -0.493 e. The summed E-state index contributed by atoms with van der Waals surface area (Å²) in [5.41, 5.74) is -1.07. The summed E-state index contributed by atoms with van der Waals surface area (Å²) in [5.74, 6) is -0.162. The number of rotatable bonds is 7. The number of carbonyl (C=O) groups excluding carboxylic acids is 1. The van der Waals surface area contributed by atoms with Crippen LogP contribution in [0.3, 0.4) is 0 Å². The molecule has 0 unspecified atom stereocenters. The van der Waals surface area contributed by atoms with E-state index in [0.29, 0.717) is 23.7 Å². The first-order valence-corrected chi connectivity index (χ1v) is 8.90. The van der Waals surface area contributed by atoms with E-state index in [0.717, 1.165) is 10.9 Å². The van der Waals surface area contributed by atoms with Gasteiger partial charge in [0.2, 0.25) is 0 Å². The van der Waals surface area contributed by atoms with Gasteiger partial charge < -0.3 is 14.8 Å². The average Bonchev–Trinajstić information content (AvgIpc) is 3.07. The zero-order chi connectivity index (χ0) is 21.1. The molecule has 2 aromatic rings. The van der Waals surface area contributed by atoms with E-state index in [-0.39, 0.29) is 11.6 Å². The fourth-order valence-electron chi connectivity index (χ4n) is 2.64. The standard InChI is InChI=1S/C18H21ClF3N3O3/c1-5-28-15-13(19)6-11(7-14(15)27-4)8-23-17(26)12-9-24-25(10(2)3)16(12)18(20,21)22/h6-7,9-10H,5,8H2,1-4H3,(H,23,26). The van der Waals surface area contributed by atoms with Crippen LogP contribution in [0.1, 0.15) is 48.4 Å².